The highest BCUT2D eigenvalue weighted by Crippen LogP contribution is 2.22. The largest absolute Gasteiger partial charge is 0.598 e. The van der Waals surface area contributed by atoms with Gasteiger partial charge in [0.1, 0.15) is 16.4 Å². The lowest BCUT2D eigenvalue weighted by Gasteiger charge is -2.26. The fourth-order valence-corrected chi connectivity index (χ4v) is 2.51. The second kappa shape index (κ2) is 6.52. The highest BCUT2D eigenvalue weighted by molar-refractivity contribution is 9.10. The maximum atomic E-state index is 13.4. The Labute approximate surface area is 124 Å². The molecule has 1 aromatic carbocycles. The Morgan fingerprint density at radius 3 is 2.21 bits per heavy atom. The van der Waals surface area contributed by atoms with Gasteiger partial charge < -0.3 is 4.55 Å². The van der Waals surface area contributed by atoms with Gasteiger partial charge in [0, 0.05) is 11.4 Å². The van der Waals surface area contributed by atoms with Gasteiger partial charge in [-0.15, -0.1) is 4.72 Å². The van der Waals surface area contributed by atoms with Gasteiger partial charge in [-0.3, -0.25) is 0 Å². The van der Waals surface area contributed by atoms with Crippen LogP contribution in [0, 0.1) is 11.6 Å². The first-order chi connectivity index (χ1) is 8.61. The van der Waals surface area contributed by atoms with Gasteiger partial charge in [0.25, 0.3) is 0 Å². The van der Waals surface area contributed by atoms with Crippen LogP contribution in [0.5, 0.6) is 0 Å². The van der Waals surface area contributed by atoms with E-state index < -0.39 is 23.0 Å². The second-order valence-corrected chi connectivity index (χ2v) is 8.27. The summed E-state index contributed by atoms with van der Waals surface area (Å²) < 4.78 is 41.1. The zero-order valence-corrected chi connectivity index (χ0v) is 13.8. The average molecular weight is 354 g/mol. The molecule has 0 saturated heterocycles. The van der Waals surface area contributed by atoms with Gasteiger partial charge in [0.15, 0.2) is 0 Å². The van der Waals surface area contributed by atoms with Crippen molar-refractivity contribution in [1.29, 1.82) is 0 Å². The van der Waals surface area contributed by atoms with E-state index in [0.29, 0.717) is 12.0 Å². The van der Waals surface area contributed by atoms with Crippen molar-refractivity contribution >= 4 is 27.3 Å². The molecule has 0 aliphatic rings. The Kier molecular flexibility index (Phi) is 5.79. The van der Waals surface area contributed by atoms with Crippen LogP contribution in [0.3, 0.4) is 0 Å². The fraction of sp³-hybridized carbons (Fsp3) is 0.538. The molecule has 108 valence electrons. The normalized spacial score (nSPS) is 15.4. The zero-order chi connectivity index (χ0) is 14.8. The lowest BCUT2D eigenvalue weighted by atomic mass is 10.1. The molecule has 2 atom stereocenters. The molecule has 1 rings (SSSR count). The summed E-state index contributed by atoms with van der Waals surface area (Å²) >= 11 is 1.63. The first kappa shape index (κ1) is 16.9. The van der Waals surface area contributed by atoms with Crippen molar-refractivity contribution < 1.29 is 13.3 Å². The van der Waals surface area contributed by atoms with Crippen molar-refractivity contribution in [3.05, 3.63) is 33.8 Å². The van der Waals surface area contributed by atoms with E-state index in [9.17, 15) is 13.3 Å². The van der Waals surface area contributed by atoms with E-state index in [-0.39, 0.29) is 15.3 Å². The van der Waals surface area contributed by atoms with Crippen LogP contribution in [0.15, 0.2) is 16.6 Å². The first-order valence-corrected chi connectivity index (χ1v) is 7.87. The third kappa shape index (κ3) is 5.02. The summed E-state index contributed by atoms with van der Waals surface area (Å²) in [5.74, 6) is -1.25. The summed E-state index contributed by atoms with van der Waals surface area (Å²) in [6.45, 7) is 7.42. The molecule has 2 nitrogen and oxygen atoms in total. The van der Waals surface area contributed by atoms with E-state index in [0.717, 1.165) is 0 Å². The minimum Gasteiger partial charge on any atom is -0.598 e. The molecule has 0 amide bonds. The van der Waals surface area contributed by atoms with Gasteiger partial charge in [-0.1, -0.05) is 0 Å². The Bertz CT molecular complexity index is 428. The van der Waals surface area contributed by atoms with Crippen LogP contribution in [-0.2, 0) is 17.8 Å². The fourth-order valence-electron chi connectivity index (χ4n) is 1.48. The van der Waals surface area contributed by atoms with Gasteiger partial charge in [-0.2, -0.15) is 0 Å². The summed E-state index contributed by atoms with van der Waals surface area (Å²) in [4.78, 5) is 0. The molecule has 19 heavy (non-hydrogen) atoms. The van der Waals surface area contributed by atoms with Crippen molar-refractivity contribution in [1.82, 2.24) is 4.72 Å². The topological polar surface area (TPSA) is 35.1 Å². The average Bonchev–Trinajstić information content (AvgIpc) is 2.24. The van der Waals surface area contributed by atoms with Crippen LogP contribution in [0.25, 0.3) is 0 Å². The van der Waals surface area contributed by atoms with Crippen LogP contribution in [0.4, 0.5) is 8.78 Å². The summed E-state index contributed by atoms with van der Waals surface area (Å²) in [7, 11) is 0. The molecule has 0 fully saturated rings. The van der Waals surface area contributed by atoms with Gasteiger partial charge in [0.05, 0.1) is 10.5 Å². The predicted octanol–water partition coefficient (Wildman–Crippen LogP) is 3.71. The number of hydrogen-bond donors (Lipinski definition) is 1. The quantitative estimate of drug-likeness (QED) is 0.661. The minimum atomic E-state index is -1.20. The third-order valence-electron chi connectivity index (χ3n) is 2.45. The van der Waals surface area contributed by atoms with Crippen molar-refractivity contribution in [2.75, 3.05) is 0 Å². The van der Waals surface area contributed by atoms with Crippen LogP contribution in [0.2, 0.25) is 0 Å². The maximum absolute atomic E-state index is 13.4. The summed E-state index contributed by atoms with van der Waals surface area (Å²) in [6.07, 6.45) is 0.406. The monoisotopic (exact) mass is 353 g/mol. The molecular weight excluding hydrogens is 336 g/mol. The first-order valence-electron chi connectivity index (χ1n) is 5.92. The van der Waals surface area contributed by atoms with E-state index in [1.54, 1.807) is 0 Å². The molecule has 0 spiro atoms. The minimum absolute atomic E-state index is 0.139. The number of halogens is 3. The number of hydrogen-bond acceptors (Lipinski definition) is 2. The SMILES string of the molecule is C[C@H](Cc1cc(F)c(Br)c(F)c1)N[S+]([O-])C(C)(C)C. The molecule has 0 radical (unpaired) electrons. The van der Waals surface area contributed by atoms with E-state index in [1.165, 1.54) is 12.1 Å². The Balaban J connectivity index is 2.70. The molecular formula is C13H18BrF2NOS. The predicted molar refractivity (Wildman–Crippen MR) is 78.3 cm³/mol. The lowest BCUT2D eigenvalue weighted by Crippen LogP contribution is -2.44. The molecule has 6 heteroatoms. The van der Waals surface area contributed by atoms with Crippen LogP contribution >= 0.6 is 15.9 Å². The molecule has 0 heterocycles. The second-order valence-electron chi connectivity index (χ2n) is 5.48. The number of benzene rings is 1. The molecule has 1 N–H and O–H groups in total. The maximum Gasteiger partial charge on any atom is 0.140 e. The molecule has 1 unspecified atom stereocenters. The van der Waals surface area contributed by atoms with Crippen molar-refractivity contribution in [2.24, 2.45) is 0 Å². The van der Waals surface area contributed by atoms with E-state index in [1.807, 2.05) is 27.7 Å². The van der Waals surface area contributed by atoms with Crippen molar-refractivity contribution in [3.63, 3.8) is 0 Å². The number of rotatable bonds is 4. The summed E-state index contributed by atoms with van der Waals surface area (Å²) in [5.41, 5.74) is 0.532. The van der Waals surface area contributed by atoms with E-state index in [4.69, 9.17) is 0 Å². The Hall–Kier alpha value is -0.170. The van der Waals surface area contributed by atoms with Crippen LogP contribution in [0.1, 0.15) is 33.3 Å². The van der Waals surface area contributed by atoms with Crippen LogP contribution < -0.4 is 4.72 Å². The van der Waals surface area contributed by atoms with Gasteiger partial charge >= 0.3 is 0 Å². The van der Waals surface area contributed by atoms with E-state index in [2.05, 4.69) is 20.7 Å². The van der Waals surface area contributed by atoms with Gasteiger partial charge in [-0.25, -0.2) is 8.78 Å². The lowest BCUT2D eigenvalue weighted by molar-refractivity contribution is 0.524. The van der Waals surface area contributed by atoms with Gasteiger partial charge in [0.2, 0.25) is 0 Å². The highest BCUT2D eigenvalue weighted by Gasteiger charge is 2.28. The highest BCUT2D eigenvalue weighted by atomic mass is 79.9. The standard InChI is InChI=1S/C13H18BrF2NOS/c1-8(17-19(18)13(2,3)4)5-9-6-10(15)12(14)11(16)7-9/h6-8,17H,5H2,1-4H3/t8-,19?/m1/s1. The molecule has 0 saturated carbocycles. The molecule has 0 aliphatic heterocycles. The van der Waals surface area contributed by atoms with Crippen molar-refractivity contribution in [3.8, 4) is 0 Å². The molecule has 0 bridgehead atoms. The third-order valence-corrected chi connectivity index (χ3v) is 4.94. The summed E-state index contributed by atoms with van der Waals surface area (Å²) in [6, 6.07) is 2.43. The van der Waals surface area contributed by atoms with Crippen LogP contribution in [-0.4, -0.2) is 15.3 Å². The van der Waals surface area contributed by atoms with Gasteiger partial charge in [-0.05, 0) is 67.7 Å². The Morgan fingerprint density at radius 1 is 1.32 bits per heavy atom. The Morgan fingerprint density at radius 2 is 1.79 bits per heavy atom. The molecule has 0 aliphatic carbocycles. The van der Waals surface area contributed by atoms with E-state index >= 15 is 0 Å². The van der Waals surface area contributed by atoms with Crippen molar-refractivity contribution in [2.45, 2.75) is 44.9 Å². The molecule has 1 aromatic rings. The molecule has 0 aromatic heterocycles. The zero-order valence-electron chi connectivity index (χ0n) is 11.4. The smallest absolute Gasteiger partial charge is 0.140 e. The summed E-state index contributed by atoms with van der Waals surface area (Å²) in [5, 5.41) is 0. The number of nitrogens with one attached hydrogen (secondary N) is 1.